The Hall–Kier alpha value is -3.46. The summed E-state index contributed by atoms with van der Waals surface area (Å²) in [5.74, 6) is 1.14. The summed E-state index contributed by atoms with van der Waals surface area (Å²) >= 11 is 0. The second kappa shape index (κ2) is 6.27. The average molecular weight is 405 g/mol. The minimum atomic E-state index is 0.920. The van der Waals surface area contributed by atoms with Crippen LogP contribution in [0.2, 0.25) is 0 Å². The minimum absolute atomic E-state index is 0.920. The molecular formula is C28H26N3+. The molecule has 0 spiro atoms. The van der Waals surface area contributed by atoms with E-state index in [-0.39, 0.29) is 0 Å². The molecule has 0 radical (unpaired) electrons. The van der Waals surface area contributed by atoms with E-state index < -0.39 is 0 Å². The number of pyridine rings is 1. The number of imidazole rings is 1. The van der Waals surface area contributed by atoms with E-state index in [1.165, 1.54) is 60.7 Å². The van der Waals surface area contributed by atoms with Crippen molar-refractivity contribution >= 4 is 38.9 Å². The molecule has 1 aliphatic rings. The first-order valence-corrected chi connectivity index (χ1v) is 10.9. The first-order chi connectivity index (χ1) is 15.0. The van der Waals surface area contributed by atoms with Gasteiger partial charge in [-0.2, -0.15) is 4.57 Å². The van der Waals surface area contributed by atoms with E-state index in [0.717, 1.165) is 17.8 Å². The molecule has 0 amide bonds. The van der Waals surface area contributed by atoms with Crippen LogP contribution in [0, 0.1) is 20.8 Å². The molecule has 1 aliphatic heterocycles. The van der Waals surface area contributed by atoms with Crippen molar-refractivity contribution in [2.75, 3.05) is 0 Å². The van der Waals surface area contributed by atoms with Crippen molar-refractivity contribution in [2.24, 2.45) is 7.05 Å². The second-order valence-electron chi connectivity index (χ2n) is 9.03. The maximum Gasteiger partial charge on any atom is 0.215 e. The first-order valence-electron chi connectivity index (χ1n) is 10.9. The van der Waals surface area contributed by atoms with Crippen LogP contribution >= 0.6 is 0 Å². The van der Waals surface area contributed by atoms with Gasteiger partial charge in [0.2, 0.25) is 11.2 Å². The molecule has 0 saturated carbocycles. The highest BCUT2D eigenvalue weighted by Crippen LogP contribution is 2.40. The van der Waals surface area contributed by atoms with Gasteiger partial charge >= 0.3 is 0 Å². The van der Waals surface area contributed by atoms with Crippen LogP contribution in [0.15, 0.2) is 54.1 Å². The molecule has 3 aromatic carbocycles. The zero-order chi connectivity index (χ0) is 21.4. The molecule has 3 heterocycles. The number of fused-ring (bicyclic) bond motifs is 6. The Morgan fingerprint density at radius 1 is 0.903 bits per heavy atom. The standard InChI is InChI=1S/C28H26N3/c1-16-13-24-29-27-21-11-7-6-10-20(21)19(4)26(28(27)31(24)15-16)23-14-18(3)25-17(2)9-8-12-22(25)30(23)5/h6-12,14-15H,13H2,1-5H3/q+1. The lowest BCUT2D eigenvalue weighted by atomic mass is 9.93. The normalized spacial score (nSPS) is 13.4. The lowest BCUT2D eigenvalue weighted by Gasteiger charge is -2.14. The van der Waals surface area contributed by atoms with Gasteiger partial charge < -0.3 is 4.57 Å². The number of hydrogen-bond donors (Lipinski definition) is 0. The Bertz CT molecular complexity index is 1600. The zero-order valence-corrected chi connectivity index (χ0v) is 18.7. The van der Waals surface area contributed by atoms with Crippen LogP contribution in [0.25, 0.3) is 50.2 Å². The molecule has 0 fully saturated rings. The van der Waals surface area contributed by atoms with Crippen LogP contribution in [0.4, 0.5) is 0 Å². The maximum absolute atomic E-state index is 5.13. The van der Waals surface area contributed by atoms with Crippen LogP contribution in [0.5, 0.6) is 0 Å². The largest absolute Gasteiger partial charge is 0.302 e. The molecular weight excluding hydrogens is 378 g/mol. The summed E-state index contributed by atoms with van der Waals surface area (Å²) in [5.41, 5.74) is 11.4. The van der Waals surface area contributed by atoms with Gasteiger partial charge in [0, 0.05) is 30.1 Å². The van der Waals surface area contributed by atoms with E-state index in [0.29, 0.717) is 0 Å². The Balaban J connectivity index is 1.84. The van der Waals surface area contributed by atoms with Gasteiger partial charge in [-0.3, -0.25) is 0 Å². The molecule has 0 aliphatic carbocycles. The van der Waals surface area contributed by atoms with Crippen LogP contribution in [-0.4, -0.2) is 9.55 Å². The van der Waals surface area contributed by atoms with Crippen LogP contribution in [-0.2, 0) is 13.5 Å². The average Bonchev–Trinajstić information content (AvgIpc) is 3.28. The molecule has 31 heavy (non-hydrogen) atoms. The summed E-state index contributed by atoms with van der Waals surface area (Å²) < 4.78 is 4.69. The molecule has 3 nitrogen and oxygen atoms in total. The van der Waals surface area contributed by atoms with Crippen molar-refractivity contribution in [1.29, 1.82) is 0 Å². The molecule has 3 heteroatoms. The molecule has 2 aromatic heterocycles. The van der Waals surface area contributed by atoms with E-state index >= 15 is 0 Å². The molecule has 0 saturated heterocycles. The number of nitrogens with zero attached hydrogens (tertiary/aromatic N) is 3. The molecule has 5 aromatic rings. The van der Waals surface area contributed by atoms with Gasteiger partial charge in [-0.1, -0.05) is 36.4 Å². The first kappa shape index (κ1) is 18.3. The van der Waals surface area contributed by atoms with Crippen molar-refractivity contribution < 1.29 is 4.57 Å². The van der Waals surface area contributed by atoms with Gasteiger partial charge in [-0.15, -0.1) is 0 Å². The summed E-state index contributed by atoms with van der Waals surface area (Å²) in [5, 5.41) is 3.87. The van der Waals surface area contributed by atoms with Crippen molar-refractivity contribution in [1.82, 2.24) is 9.55 Å². The topological polar surface area (TPSA) is 21.7 Å². The minimum Gasteiger partial charge on any atom is -0.302 e. The van der Waals surface area contributed by atoms with Crippen molar-refractivity contribution in [2.45, 2.75) is 34.1 Å². The van der Waals surface area contributed by atoms with Crippen LogP contribution < -0.4 is 4.57 Å². The fourth-order valence-corrected chi connectivity index (χ4v) is 5.52. The lowest BCUT2D eigenvalue weighted by molar-refractivity contribution is -0.633. The quantitative estimate of drug-likeness (QED) is 0.306. The molecule has 0 N–H and O–H groups in total. The van der Waals surface area contributed by atoms with Crippen molar-refractivity contribution in [3.05, 3.63) is 76.6 Å². The van der Waals surface area contributed by atoms with E-state index in [1.54, 1.807) is 0 Å². The third kappa shape index (κ3) is 2.40. The van der Waals surface area contributed by atoms with E-state index in [4.69, 9.17) is 4.98 Å². The number of rotatable bonds is 1. The highest BCUT2D eigenvalue weighted by molar-refractivity contribution is 6.13. The number of allylic oxidation sites excluding steroid dienone is 1. The molecule has 0 bridgehead atoms. The summed E-state index contributed by atoms with van der Waals surface area (Å²) in [6, 6.07) is 17.6. The van der Waals surface area contributed by atoms with Gasteiger partial charge in [0.15, 0.2) is 0 Å². The number of aryl methyl sites for hydroxylation is 4. The predicted molar refractivity (Wildman–Crippen MR) is 129 cm³/mol. The second-order valence-corrected chi connectivity index (χ2v) is 9.03. The molecule has 6 rings (SSSR count). The third-order valence-electron chi connectivity index (χ3n) is 6.95. The zero-order valence-electron chi connectivity index (χ0n) is 18.7. The number of hydrogen-bond acceptors (Lipinski definition) is 1. The predicted octanol–water partition coefficient (Wildman–Crippen LogP) is 6.18. The van der Waals surface area contributed by atoms with E-state index in [2.05, 4.69) is 98.6 Å². The fraction of sp³-hybridized carbons (Fsp3) is 0.214. The molecule has 152 valence electrons. The Morgan fingerprint density at radius 3 is 2.48 bits per heavy atom. The smallest absolute Gasteiger partial charge is 0.215 e. The Morgan fingerprint density at radius 2 is 1.68 bits per heavy atom. The molecule has 0 unspecified atom stereocenters. The SMILES string of the molecule is CC1=Cn2c(nc3c4ccccc4c(C)c(-c4cc(C)c5c(C)cccc5[n+]4C)c32)C1. The van der Waals surface area contributed by atoms with Gasteiger partial charge in [0.05, 0.1) is 22.0 Å². The van der Waals surface area contributed by atoms with E-state index in [9.17, 15) is 0 Å². The summed E-state index contributed by atoms with van der Waals surface area (Å²) in [7, 11) is 2.19. The summed E-state index contributed by atoms with van der Waals surface area (Å²) in [6.45, 7) is 8.89. The molecule has 0 atom stereocenters. The van der Waals surface area contributed by atoms with Gasteiger partial charge in [-0.05, 0) is 55.3 Å². The number of benzene rings is 3. The number of aromatic nitrogens is 3. The lowest BCUT2D eigenvalue weighted by Crippen LogP contribution is -2.33. The highest BCUT2D eigenvalue weighted by atomic mass is 15.1. The third-order valence-corrected chi connectivity index (χ3v) is 6.95. The summed E-state index contributed by atoms with van der Waals surface area (Å²) in [4.78, 5) is 5.13. The van der Waals surface area contributed by atoms with Gasteiger partial charge in [0.25, 0.3) is 0 Å². The highest BCUT2D eigenvalue weighted by Gasteiger charge is 2.27. The van der Waals surface area contributed by atoms with Crippen LogP contribution in [0.1, 0.15) is 29.4 Å². The van der Waals surface area contributed by atoms with E-state index in [1.807, 2.05) is 0 Å². The van der Waals surface area contributed by atoms with Crippen molar-refractivity contribution in [3.63, 3.8) is 0 Å². The van der Waals surface area contributed by atoms with Crippen LogP contribution in [0.3, 0.4) is 0 Å². The Labute approximate surface area is 182 Å². The summed E-state index contributed by atoms with van der Waals surface area (Å²) in [6.07, 6.45) is 3.18. The maximum atomic E-state index is 5.13. The fourth-order valence-electron chi connectivity index (χ4n) is 5.52. The van der Waals surface area contributed by atoms with Gasteiger partial charge in [0.1, 0.15) is 12.9 Å². The van der Waals surface area contributed by atoms with Crippen molar-refractivity contribution in [3.8, 4) is 11.3 Å². The van der Waals surface area contributed by atoms with Gasteiger partial charge in [-0.25, -0.2) is 4.98 Å². The Kier molecular flexibility index (Phi) is 3.71. The monoisotopic (exact) mass is 404 g/mol.